The van der Waals surface area contributed by atoms with Crippen LogP contribution in [0.5, 0.6) is 0 Å². The molecular weight excluding hydrogens is 529 g/mol. The molecule has 1 aromatic rings. The molecule has 0 bridgehead atoms. The molecule has 0 fully saturated rings. The average molecular weight is 560 g/mol. The molecule has 0 aliphatic carbocycles. The van der Waals surface area contributed by atoms with Gasteiger partial charge in [-0.3, -0.25) is 4.99 Å². The number of halogens is 2. The highest BCUT2D eigenvalue weighted by Gasteiger charge is 2.23. The molecule has 1 aromatic carbocycles. The summed E-state index contributed by atoms with van der Waals surface area (Å²) in [6.45, 7) is 9.67. The number of guanidine groups is 1. The third-order valence-electron chi connectivity index (χ3n) is 3.88. The minimum atomic E-state index is -2.95. The molecule has 8 heteroatoms. The molecule has 1 atom stereocenters. The Morgan fingerprint density at radius 1 is 1.31 bits per heavy atom. The van der Waals surface area contributed by atoms with E-state index in [2.05, 4.69) is 46.5 Å². The normalized spacial score (nSPS) is 13.7. The summed E-state index contributed by atoms with van der Waals surface area (Å²) in [5.74, 6) is 0.881. The van der Waals surface area contributed by atoms with Gasteiger partial charge < -0.3 is 10.6 Å². The number of nitrogens with one attached hydrogen (secondary N) is 2. The largest absolute Gasteiger partial charge is 0.357 e. The first kappa shape index (κ1) is 25.6. The Kier molecular flexibility index (Phi) is 11.3. The number of hydrogen-bond donors (Lipinski definition) is 2. The van der Waals surface area contributed by atoms with Crippen molar-refractivity contribution in [2.75, 3.05) is 25.1 Å². The second-order valence-corrected chi connectivity index (χ2v) is 10.1. The van der Waals surface area contributed by atoms with Gasteiger partial charge in [0.25, 0.3) is 0 Å². The van der Waals surface area contributed by atoms with Crippen LogP contribution in [0.2, 0.25) is 0 Å². The average Bonchev–Trinajstić information content (AvgIpc) is 2.50. The first-order valence-electron chi connectivity index (χ1n) is 8.52. The molecule has 0 saturated carbocycles. The Labute approximate surface area is 183 Å². The van der Waals surface area contributed by atoms with Crippen LogP contribution in [0, 0.1) is 0 Å². The highest BCUT2D eigenvalue weighted by atomic mass is 127. The zero-order chi connectivity index (χ0) is 19.1. The van der Waals surface area contributed by atoms with Gasteiger partial charge in [0, 0.05) is 28.7 Å². The Balaban J connectivity index is 0.00000625. The van der Waals surface area contributed by atoms with E-state index in [1.807, 2.05) is 32.0 Å². The smallest absolute Gasteiger partial charge is 0.191 e. The van der Waals surface area contributed by atoms with E-state index in [1.165, 1.54) is 11.8 Å². The van der Waals surface area contributed by atoms with Gasteiger partial charge in [-0.1, -0.05) is 48.0 Å². The molecule has 26 heavy (non-hydrogen) atoms. The van der Waals surface area contributed by atoms with Gasteiger partial charge >= 0.3 is 0 Å². The third-order valence-corrected chi connectivity index (χ3v) is 5.55. The van der Waals surface area contributed by atoms with Crippen molar-refractivity contribution in [1.29, 1.82) is 0 Å². The fourth-order valence-corrected chi connectivity index (χ4v) is 3.99. The minimum Gasteiger partial charge on any atom is -0.357 e. The van der Waals surface area contributed by atoms with Gasteiger partial charge in [-0.2, -0.15) is 0 Å². The fourth-order valence-electron chi connectivity index (χ4n) is 2.39. The number of rotatable bonds is 8. The van der Waals surface area contributed by atoms with Crippen LogP contribution in [0.15, 0.2) is 33.7 Å². The quantitative estimate of drug-likeness (QED) is 0.289. The maximum atomic E-state index is 11.3. The van der Waals surface area contributed by atoms with Crippen LogP contribution in [0.25, 0.3) is 0 Å². The van der Waals surface area contributed by atoms with Gasteiger partial charge in [0.1, 0.15) is 9.84 Å². The Morgan fingerprint density at radius 2 is 1.92 bits per heavy atom. The standard InChI is InChI=1S/C18H30BrN3O2S.HI/c1-6-20-17(22-14(2)11-12-25(5,23)24)21-13-18(3,4)15-9-7-8-10-16(15)19;/h7-10,14H,6,11-13H2,1-5H3,(H2,20,21,22);1H. The molecule has 0 spiro atoms. The van der Waals surface area contributed by atoms with Crippen molar-refractivity contribution in [3.05, 3.63) is 34.3 Å². The van der Waals surface area contributed by atoms with Gasteiger partial charge in [0.15, 0.2) is 5.96 Å². The number of sulfone groups is 1. The van der Waals surface area contributed by atoms with Crippen LogP contribution >= 0.6 is 39.9 Å². The van der Waals surface area contributed by atoms with Crippen molar-refractivity contribution < 1.29 is 8.42 Å². The Morgan fingerprint density at radius 3 is 2.46 bits per heavy atom. The molecule has 0 amide bonds. The van der Waals surface area contributed by atoms with E-state index >= 15 is 0 Å². The molecule has 5 nitrogen and oxygen atoms in total. The van der Waals surface area contributed by atoms with E-state index in [4.69, 9.17) is 4.99 Å². The molecule has 0 aliphatic rings. The molecule has 1 rings (SSSR count). The summed E-state index contributed by atoms with van der Waals surface area (Å²) in [6.07, 6.45) is 1.82. The molecule has 0 radical (unpaired) electrons. The summed E-state index contributed by atoms with van der Waals surface area (Å²) in [6, 6.07) is 8.20. The first-order valence-corrected chi connectivity index (χ1v) is 11.4. The van der Waals surface area contributed by atoms with Crippen molar-refractivity contribution in [2.24, 2.45) is 4.99 Å². The Bertz CT molecular complexity index is 693. The lowest BCUT2D eigenvalue weighted by Crippen LogP contribution is -2.43. The fraction of sp³-hybridized carbons (Fsp3) is 0.611. The maximum Gasteiger partial charge on any atom is 0.191 e. The van der Waals surface area contributed by atoms with E-state index < -0.39 is 9.84 Å². The van der Waals surface area contributed by atoms with Gasteiger partial charge in [-0.15, -0.1) is 24.0 Å². The lowest BCUT2D eigenvalue weighted by atomic mass is 9.85. The van der Waals surface area contributed by atoms with Crippen molar-refractivity contribution in [1.82, 2.24) is 10.6 Å². The predicted octanol–water partition coefficient (Wildman–Crippen LogP) is 3.72. The van der Waals surface area contributed by atoms with Crippen LogP contribution in [0.4, 0.5) is 0 Å². The molecule has 0 aliphatic heterocycles. The zero-order valence-corrected chi connectivity index (χ0v) is 20.9. The van der Waals surface area contributed by atoms with Gasteiger partial charge in [-0.05, 0) is 31.9 Å². The van der Waals surface area contributed by atoms with E-state index in [1.54, 1.807) is 0 Å². The van der Waals surface area contributed by atoms with Crippen molar-refractivity contribution in [3.8, 4) is 0 Å². The van der Waals surface area contributed by atoms with Crippen LogP contribution in [0.3, 0.4) is 0 Å². The lowest BCUT2D eigenvalue weighted by molar-refractivity contribution is 0.531. The van der Waals surface area contributed by atoms with Crippen LogP contribution in [-0.4, -0.2) is 45.5 Å². The lowest BCUT2D eigenvalue weighted by Gasteiger charge is -2.25. The van der Waals surface area contributed by atoms with Crippen molar-refractivity contribution in [3.63, 3.8) is 0 Å². The second kappa shape index (κ2) is 11.5. The molecular formula is C18H31BrIN3O2S. The van der Waals surface area contributed by atoms with Gasteiger partial charge in [-0.25, -0.2) is 8.42 Å². The third kappa shape index (κ3) is 9.55. The monoisotopic (exact) mass is 559 g/mol. The minimum absolute atomic E-state index is 0. The maximum absolute atomic E-state index is 11.3. The van der Waals surface area contributed by atoms with E-state index in [9.17, 15) is 8.42 Å². The highest BCUT2D eigenvalue weighted by Crippen LogP contribution is 2.30. The van der Waals surface area contributed by atoms with Crippen LogP contribution in [0.1, 0.15) is 39.7 Å². The van der Waals surface area contributed by atoms with Gasteiger partial charge in [0.2, 0.25) is 0 Å². The topological polar surface area (TPSA) is 70.6 Å². The SMILES string of the molecule is CCNC(=NCC(C)(C)c1ccccc1Br)NC(C)CCS(C)(=O)=O.I. The number of hydrogen-bond acceptors (Lipinski definition) is 3. The summed E-state index contributed by atoms with van der Waals surface area (Å²) in [7, 11) is -2.95. The first-order chi connectivity index (χ1) is 11.5. The number of aliphatic imine (C=N–C) groups is 1. The highest BCUT2D eigenvalue weighted by molar-refractivity contribution is 14.0. The van der Waals surface area contributed by atoms with E-state index in [-0.39, 0.29) is 41.2 Å². The molecule has 1 unspecified atom stereocenters. The number of nitrogens with zero attached hydrogens (tertiary/aromatic N) is 1. The Hall–Kier alpha value is -0.350. The zero-order valence-electron chi connectivity index (χ0n) is 16.2. The second-order valence-electron chi connectivity index (χ2n) is 7.02. The van der Waals surface area contributed by atoms with Crippen molar-refractivity contribution in [2.45, 2.75) is 45.6 Å². The summed E-state index contributed by atoms with van der Waals surface area (Å²) < 4.78 is 23.7. The van der Waals surface area contributed by atoms with E-state index in [0.29, 0.717) is 18.9 Å². The summed E-state index contributed by atoms with van der Waals surface area (Å²) in [4.78, 5) is 4.71. The van der Waals surface area contributed by atoms with Crippen LogP contribution < -0.4 is 10.6 Å². The van der Waals surface area contributed by atoms with E-state index in [0.717, 1.165) is 11.0 Å². The van der Waals surface area contributed by atoms with Crippen molar-refractivity contribution >= 4 is 55.7 Å². The molecule has 0 heterocycles. The summed E-state index contributed by atoms with van der Waals surface area (Å²) in [5.41, 5.74) is 1.08. The molecule has 150 valence electrons. The summed E-state index contributed by atoms with van der Waals surface area (Å²) >= 11 is 3.61. The molecule has 2 N–H and O–H groups in total. The van der Waals surface area contributed by atoms with Crippen LogP contribution in [-0.2, 0) is 15.3 Å². The summed E-state index contributed by atoms with van der Waals surface area (Å²) in [5, 5.41) is 6.52. The van der Waals surface area contributed by atoms with Gasteiger partial charge in [0.05, 0.1) is 12.3 Å². The predicted molar refractivity (Wildman–Crippen MR) is 125 cm³/mol. The molecule has 0 aromatic heterocycles. The molecule has 0 saturated heterocycles. The number of benzene rings is 1.